The first-order chi connectivity index (χ1) is 14.2. The molecule has 2 fully saturated rings. The Morgan fingerprint density at radius 3 is 2.76 bits per heavy atom. The molecule has 0 bridgehead atoms. The molecule has 1 atom stereocenters. The zero-order chi connectivity index (χ0) is 20.1. The molecule has 6 nitrogen and oxygen atoms in total. The van der Waals surface area contributed by atoms with Crippen LogP contribution in [-0.2, 0) is 22.4 Å². The number of aromatic nitrogens is 2. The zero-order valence-corrected chi connectivity index (χ0v) is 17.0. The third-order valence-corrected chi connectivity index (χ3v) is 6.45. The highest BCUT2D eigenvalue weighted by Gasteiger charge is 2.49. The number of carbonyl (C=O) groups excluding carboxylic acids is 2. The van der Waals surface area contributed by atoms with Crippen LogP contribution < -0.4 is 0 Å². The second-order valence-corrected chi connectivity index (χ2v) is 8.44. The van der Waals surface area contributed by atoms with Gasteiger partial charge in [-0.1, -0.05) is 30.3 Å². The molecule has 0 saturated carbocycles. The summed E-state index contributed by atoms with van der Waals surface area (Å²) in [6, 6.07) is 10.4. The van der Waals surface area contributed by atoms with Gasteiger partial charge in [0.25, 0.3) is 0 Å². The van der Waals surface area contributed by atoms with E-state index in [2.05, 4.69) is 34.5 Å². The summed E-state index contributed by atoms with van der Waals surface area (Å²) in [6.07, 6.45) is 9.49. The molecule has 1 spiro atoms. The number of carbonyl (C=O) groups is 2. The van der Waals surface area contributed by atoms with E-state index in [0.717, 1.165) is 50.8 Å². The summed E-state index contributed by atoms with van der Waals surface area (Å²) in [6.45, 7) is 2.95. The van der Waals surface area contributed by atoms with E-state index in [4.69, 9.17) is 0 Å². The van der Waals surface area contributed by atoms with Crippen molar-refractivity contribution in [2.24, 2.45) is 5.41 Å². The van der Waals surface area contributed by atoms with Crippen LogP contribution in [0.25, 0.3) is 0 Å². The van der Waals surface area contributed by atoms with Gasteiger partial charge in [-0.15, -0.1) is 0 Å². The molecule has 1 aromatic heterocycles. The molecule has 0 aliphatic carbocycles. The van der Waals surface area contributed by atoms with Crippen molar-refractivity contribution in [2.45, 2.75) is 44.9 Å². The number of H-pyrrole nitrogens is 1. The molecule has 1 N–H and O–H groups in total. The van der Waals surface area contributed by atoms with Crippen LogP contribution in [0.4, 0.5) is 0 Å². The van der Waals surface area contributed by atoms with E-state index in [1.165, 1.54) is 5.56 Å². The van der Waals surface area contributed by atoms with E-state index in [-0.39, 0.29) is 17.2 Å². The van der Waals surface area contributed by atoms with Crippen molar-refractivity contribution >= 4 is 11.8 Å². The molecule has 2 amide bonds. The topological polar surface area (TPSA) is 69.3 Å². The van der Waals surface area contributed by atoms with Crippen LogP contribution in [0.2, 0.25) is 0 Å². The highest BCUT2D eigenvalue weighted by molar-refractivity contribution is 5.86. The average molecular weight is 395 g/mol. The van der Waals surface area contributed by atoms with Crippen molar-refractivity contribution in [3.05, 3.63) is 53.9 Å². The molecule has 2 saturated heterocycles. The third-order valence-electron chi connectivity index (χ3n) is 6.45. The number of likely N-dealkylation sites (tertiary alicyclic amines) is 2. The predicted molar refractivity (Wildman–Crippen MR) is 111 cm³/mol. The van der Waals surface area contributed by atoms with E-state index in [0.29, 0.717) is 25.9 Å². The van der Waals surface area contributed by atoms with Crippen molar-refractivity contribution in [3.63, 3.8) is 0 Å². The molecule has 0 radical (unpaired) electrons. The molecule has 4 rings (SSSR count). The molecule has 154 valence electrons. The third kappa shape index (κ3) is 4.52. The maximum atomic E-state index is 13.3. The quantitative estimate of drug-likeness (QED) is 0.785. The van der Waals surface area contributed by atoms with Gasteiger partial charge in [-0.25, -0.2) is 0 Å². The molecule has 2 aromatic rings. The number of hydrogen-bond acceptors (Lipinski definition) is 3. The lowest BCUT2D eigenvalue weighted by molar-refractivity contribution is -0.146. The highest BCUT2D eigenvalue weighted by Crippen LogP contribution is 2.40. The Kier molecular flexibility index (Phi) is 5.97. The van der Waals surface area contributed by atoms with Gasteiger partial charge in [0.05, 0.1) is 11.6 Å². The van der Waals surface area contributed by atoms with Crippen molar-refractivity contribution in [2.75, 3.05) is 26.2 Å². The molecule has 29 heavy (non-hydrogen) atoms. The fourth-order valence-corrected chi connectivity index (χ4v) is 4.77. The van der Waals surface area contributed by atoms with Crippen LogP contribution in [0, 0.1) is 5.41 Å². The maximum absolute atomic E-state index is 13.3. The van der Waals surface area contributed by atoms with Gasteiger partial charge in [0, 0.05) is 38.8 Å². The van der Waals surface area contributed by atoms with Gasteiger partial charge in [-0.3, -0.25) is 14.7 Å². The number of hydrogen-bond donors (Lipinski definition) is 1. The van der Waals surface area contributed by atoms with Crippen LogP contribution >= 0.6 is 0 Å². The summed E-state index contributed by atoms with van der Waals surface area (Å²) < 4.78 is 0. The van der Waals surface area contributed by atoms with Crippen molar-refractivity contribution in [3.8, 4) is 0 Å². The van der Waals surface area contributed by atoms with Gasteiger partial charge in [-0.2, -0.15) is 5.10 Å². The van der Waals surface area contributed by atoms with Gasteiger partial charge < -0.3 is 9.80 Å². The number of aromatic amines is 1. The van der Waals surface area contributed by atoms with Crippen LogP contribution in [0.5, 0.6) is 0 Å². The van der Waals surface area contributed by atoms with Gasteiger partial charge in [-0.05, 0) is 49.7 Å². The fraction of sp³-hybridized carbons (Fsp3) is 0.522. The van der Waals surface area contributed by atoms with Gasteiger partial charge in [0.2, 0.25) is 11.8 Å². The minimum atomic E-state index is -0.351. The first kappa shape index (κ1) is 19.7. The molecule has 2 aliphatic heterocycles. The minimum absolute atomic E-state index is 0.150. The molecule has 3 heterocycles. The first-order valence-electron chi connectivity index (χ1n) is 10.8. The van der Waals surface area contributed by atoms with Crippen LogP contribution in [0.15, 0.2) is 42.7 Å². The maximum Gasteiger partial charge on any atom is 0.230 e. The van der Waals surface area contributed by atoms with Gasteiger partial charge in [0.15, 0.2) is 0 Å². The van der Waals surface area contributed by atoms with Crippen molar-refractivity contribution < 1.29 is 9.59 Å². The van der Waals surface area contributed by atoms with E-state index in [9.17, 15) is 9.59 Å². The Bertz CT molecular complexity index is 821. The molecule has 1 unspecified atom stereocenters. The molecule has 2 aliphatic rings. The Labute approximate surface area is 172 Å². The van der Waals surface area contributed by atoms with Crippen LogP contribution in [0.1, 0.15) is 43.2 Å². The summed E-state index contributed by atoms with van der Waals surface area (Å²) in [4.78, 5) is 29.9. The summed E-state index contributed by atoms with van der Waals surface area (Å²) in [5, 5.41) is 6.71. The molecule has 6 heteroatoms. The number of amides is 2. The molecular formula is C23H30N4O2. The number of nitrogens with zero attached hydrogens (tertiary/aromatic N) is 3. The van der Waals surface area contributed by atoms with Crippen LogP contribution in [0.3, 0.4) is 0 Å². The number of rotatable bonds is 7. The highest BCUT2D eigenvalue weighted by atomic mass is 16.2. The second kappa shape index (κ2) is 8.80. The van der Waals surface area contributed by atoms with E-state index in [1.54, 1.807) is 6.20 Å². The van der Waals surface area contributed by atoms with Gasteiger partial charge >= 0.3 is 0 Å². The lowest BCUT2D eigenvalue weighted by atomic mass is 9.78. The first-order valence-corrected chi connectivity index (χ1v) is 10.8. The average Bonchev–Trinajstić information content (AvgIpc) is 3.41. The Hall–Kier alpha value is -2.63. The minimum Gasteiger partial charge on any atom is -0.342 e. The second-order valence-electron chi connectivity index (χ2n) is 8.44. The Morgan fingerprint density at radius 2 is 1.97 bits per heavy atom. The van der Waals surface area contributed by atoms with Gasteiger partial charge in [0.1, 0.15) is 0 Å². The molecular weight excluding hydrogens is 364 g/mol. The summed E-state index contributed by atoms with van der Waals surface area (Å²) >= 11 is 0. The predicted octanol–water partition coefficient (Wildman–Crippen LogP) is 2.82. The number of piperidine rings is 1. The standard InChI is InChI=1S/C23H30N4O2/c28-21(10-9-20-16-24-25-17-20)27-15-12-23(18-27)11-5-14-26(22(23)29)13-4-8-19-6-2-1-3-7-19/h1-3,6-7,16-17H,4-5,8-15,18H2,(H,24,25). The van der Waals surface area contributed by atoms with Crippen molar-refractivity contribution in [1.82, 2.24) is 20.0 Å². The van der Waals surface area contributed by atoms with E-state index < -0.39 is 0 Å². The Balaban J connectivity index is 1.29. The Morgan fingerprint density at radius 1 is 1.10 bits per heavy atom. The zero-order valence-electron chi connectivity index (χ0n) is 17.0. The summed E-state index contributed by atoms with van der Waals surface area (Å²) in [5.41, 5.74) is 2.02. The van der Waals surface area contributed by atoms with Crippen LogP contribution in [-0.4, -0.2) is 58.0 Å². The smallest absolute Gasteiger partial charge is 0.230 e. The largest absolute Gasteiger partial charge is 0.342 e. The number of nitrogens with one attached hydrogen (secondary N) is 1. The van der Waals surface area contributed by atoms with E-state index >= 15 is 0 Å². The monoisotopic (exact) mass is 394 g/mol. The van der Waals surface area contributed by atoms with E-state index in [1.807, 2.05) is 22.1 Å². The number of aryl methyl sites for hydroxylation is 2. The SMILES string of the molecule is O=C(CCc1cn[nH]c1)N1CCC2(CCCN(CCCc3ccccc3)C2=O)C1. The molecule has 1 aromatic carbocycles. The lowest BCUT2D eigenvalue weighted by Gasteiger charge is -2.39. The summed E-state index contributed by atoms with van der Waals surface area (Å²) in [7, 11) is 0. The lowest BCUT2D eigenvalue weighted by Crippen LogP contribution is -2.50. The fourth-order valence-electron chi connectivity index (χ4n) is 4.77. The normalized spacial score (nSPS) is 21.9. The summed E-state index contributed by atoms with van der Waals surface area (Å²) in [5.74, 6) is 0.416. The number of benzene rings is 1. The van der Waals surface area contributed by atoms with Crippen molar-refractivity contribution in [1.29, 1.82) is 0 Å².